The average Bonchev–Trinajstić information content (AvgIpc) is 2.72. The fourth-order valence-electron chi connectivity index (χ4n) is 2.71. The number of unbranched alkanes of at least 4 members (excludes halogenated alkanes) is 1. The van der Waals surface area contributed by atoms with Crippen molar-refractivity contribution < 1.29 is 14.3 Å². The highest BCUT2D eigenvalue weighted by atomic mass is 79.9. The van der Waals surface area contributed by atoms with Crippen molar-refractivity contribution in [3.63, 3.8) is 0 Å². The molecule has 1 atom stereocenters. The van der Waals surface area contributed by atoms with Gasteiger partial charge < -0.3 is 15.0 Å². The predicted molar refractivity (Wildman–Crippen MR) is 124 cm³/mol. The molecule has 0 aliphatic rings. The van der Waals surface area contributed by atoms with Gasteiger partial charge in [-0.15, -0.1) is 0 Å². The fraction of sp³-hybridized carbons (Fsp3) is 0.364. The van der Waals surface area contributed by atoms with Crippen LogP contribution in [0.15, 0.2) is 46.9 Å². The van der Waals surface area contributed by atoms with E-state index in [4.69, 9.17) is 27.9 Å². The minimum atomic E-state index is -0.686. The van der Waals surface area contributed by atoms with Crippen LogP contribution in [0.5, 0.6) is 5.75 Å². The molecule has 0 bridgehead atoms. The molecule has 2 aromatic rings. The fourth-order valence-corrected chi connectivity index (χ4v) is 3.44. The normalized spacial score (nSPS) is 11.6. The van der Waals surface area contributed by atoms with Gasteiger partial charge in [0.05, 0.1) is 0 Å². The number of carbonyl (C=O) groups is 2. The van der Waals surface area contributed by atoms with Crippen LogP contribution in [0.1, 0.15) is 32.3 Å². The van der Waals surface area contributed by atoms with Gasteiger partial charge in [-0.1, -0.05) is 58.5 Å². The molecule has 2 amide bonds. The van der Waals surface area contributed by atoms with E-state index in [-0.39, 0.29) is 25.0 Å². The zero-order valence-electron chi connectivity index (χ0n) is 17.0. The van der Waals surface area contributed by atoms with Crippen LogP contribution in [-0.2, 0) is 16.1 Å². The van der Waals surface area contributed by atoms with E-state index in [0.29, 0.717) is 27.9 Å². The summed E-state index contributed by atoms with van der Waals surface area (Å²) in [5.74, 6) is 0.0312. The van der Waals surface area contributed by atoms with E-state index in [2.05, 4.69) is 21.2 Å². The molecule has 0 heterocycles. The number of nitrogens with one attached hydrogen (secondary N) is 1. The first-order valence-corrected chi connectivity index (χ1v) is 11.3. The Balaban J connectivity index is 2.14. The van der Waals surface area contributed by atoms with E-state index < -0.39 is 6.04 Å². The molecule has 0 unspecified atom stereocenters. The minimum Gasteiger partial charge on any atom is -0.484 e. The third-order valence-corrected chi connectivity index (χ3v) is 5.64. The number of hydrogen-bond donors (Lipinski definition) is 1. The van der Waals surface area contributed by atoms with Crippen LogP contribution in [0.2, 0.25) is 10.0 Å². The maximum Gasteiger partial charge on any atom is 0.261 e. The number of hydrogen-bond acceptors (Lipinski definition) is 3. The van der Waals surface area contributed by atoms with Crippen LogP contribution < -0.4 is 10.1 Å². The second-order valence-corrected chi connectivity index (χ2v) is 8.58. The number of rotatable bonds is 10. The third kappa shape index (κ3) is 7.49. The van der Waals surface area contributed by atoms with Gasteiger partial charge in [-0.25, -0.2) is 0 Å². The molecule has 0 aliphatic heterocycles. The second-order valence-electron chi connectivity index (χ2n) is 6.82. The molecule has 0 aliphatic carbocycles. The zero-order valence-corrected chi connectivity index (χ0v) is 20.1. The summed E-state index contributed by atoms with van der Waals surface area (Å²) in [5, 5.41) is 3.82. The molecular weight excluding hydrogens is 491 g/mol. The number of halogens is 3. The van der Waals surface area contributed by atoms with Gasteiger partial charge in [0, 0.05) is 27.6 Å². The van der Waals surface area contributed by atoms with Crippen LogP contribution in [0.4, 0.5) is 0 Å². The summed E-state index contributed by atoms with van der Waals surface area (Å²) in [4.78, 5) is 27.1. The Bertz CT molecular complexity index is 862. The maximum atomic E-state index is 13.0. The number of amides is 2. The van der Waals surface area contributed by atoms with Gasteiger partial charge in [0.2, 0.25) is 5.91 Å². The van der Waals surface area contributed by atoms with Gasteiger partial charge in [0.15, 0.2) is 6.61 Å². The van der Waals surface area contributed by atoms with Crippen LogP contribution in [-0.4, -0.2) is 35.9 Å². The van der Waals surface area contributed by atoms with Crippen molar-refractivity contribution in [3.8, 4) is 5.75 Å². The molecule has 0 spiro atoms. The van der Waals surface area contributed by atoms with Gasteiger partial charge in [-0.05, 0) is 55.3 Å². The third-order valence-electron chi connectivity index (χ3n) is 4.53. The Labute approximate surface area is 195 Å². The number of ether oxygens (including phenoxy) is 1. The summed E-state index contributed by atoms with van der Waals surface area (Å²) >= 11 is 15.6. The van der Waals surface area contributed by atoms with E-state index in [9.17, 15) is 9.59 Å². The summed E-state index contributed by atoms with van der Waals surface area (Å²) in [6.45, 7) is 4.29. The average molecular weight is 516 g/mol. The summed E-state index contributed by atoms with van der Waals surface area (Å²) in [5.41, 5.74) is 0.700. The van der Waals surface area contributed by atoms with E-state index in [1.54, 1.807) is 37.3 Å². The molecule has 1 N–H and O–H groups in total. The zero-order chi connectivity index (χ0) is 22.1. The van der Waals surface area contributed by atoms with Crippen LogP contribution in [0.3, 0.4) is 0 Å². The second kappa shape index (κ2) is 12.2. The summed E-state index contributed by atoms with van der Waals surface area (Å²) in [6, 6.07) is 11.6. The first-order chi connectivity index (χ1) is 14.3. The predicted octanol–water partition coefficient (Wildman–Crippen LogP) is 5.47. The van der Waals surface area contributed by atoms with Gasteiger partial charge in [0.25, 0.3) is 5.91 Å². The summed E-state index contributed by atoms with van der Waals surface area (Å²) < 4.78 is 6.54. The highest BCUT2D eigenvalue weighted by molar-refractivity contribution is 9.10. The van der Waals surface area contributed by atoms with Crippen LogP contribution in [0, 0.1) is 0 Å². The summed E-state index contributed by atoms with van der Waals surface area (Å²) in [7, 11) is 0. The van der Waals surface area contributed by atoms with Crippen molar-refractivity contribution in [2.75, 3.05) is 13.2 Å². The minimum absolute atomic E-state index is 0.168. The SMILES string of the molecule is CCCCNC(=O)[C@H](C)N(Cc1ccc(Cl)cc1Cl)C(=O)COc1ccc(Br)cc1. The van der Waals surface area contributed by atoms with E-state index in [1.807, 2.05) is 19.1 Å². The van der Waals surface area contributed by atoms with Crippen molar-refractivity contribution in [3.05, 3.63) is 62.5 Å². The Hall–Kier alpha value is -1.76. The Kier molecular flexibility index (Phi) is 9.95. The largest absolute Gasteiger partial charge is 0.484 e. The molecule has 8 heteroatoms. The lowest BCUT2D eigenvalue weighted by molar-refractivity contribution is -0.142. The van der Waals surface area contributed by atoms with Crippen molar-refractivity contribution in [2.45, 2.75) is 39.3 Å². The van der Waals surface area contributed by atoms with E-state index in [0.717, 1.165) is 17.3 Å². The smallest absolute Gasteiger partial charge is 0.261 e. The molecule has 2 aromatic carbocycles. The van der Waals surface area contributed by atoms with Gasteiger partial charge in [-0.2, -0.15) is 0 Å². The van der Waals surface area contributed by atoms with Gasteiger partial charge >= 0.3 is 0 Å². The van der Waals surface area contributed by atoms with Crippen molar-refractivity contribution >= 4 is 50.9 Å². The van der Waals surface area contributed by atoms with E-state index >= 15 is 0 Å². The molecule has 0 radical (unpaired) electrons. The van der Waals surface area contributed by atoms with Gasteiger partial charge in [0.1, 0.15) is 11.8 Å². The Morgan fingerprint density at radius 1 is 1.17 bits per heavy atom. The topological polar surface area (TPSA) is 58.6 Å². The van der Waals surface area contributed by atoms with Crippen LogP contribution >= 0.6 is 39.1 Å². The lowest BCUT2D eigenvalue weighted by Crippen LogP contribution is -2.49. The summed E-state index contributed by atoms with van der Waals surface area (Å²) in [6.07, 6.45) is 1.85. The Morgan fingerprint density at radius 3 is 2.50 bits per heavy atom. The highest BCUT2D eigenvalue weighted by Gasteiger charge is 2.27. The molecule has 0 fully saturated rings. The highest BCUT2D eigenvalue weighted by Crippen LogP contribution is 2.23. The van der Waals surface area contributed by atoms with Gasteiger partial charge in [-0.3, -0.25) is 9.59 Å². The standard InChI is InChI=1S/C22H25BrCl2N2O3/c1-3-4-11-26-22(29)15(2)27(13-16-5-8-18(24)12-20(16)25)21(28)14-30-19-9-6-17(23)7-10-19/h5-10,12,15H,3-4,11,13-14H2,1-2H3,(H,26,29)/t15-/m0/s1. The molecule has 0 saturated carbocycles. The monoisotopic (exact) mass is 514 g/mol. The quantitative estimate of drug-likeness (QED) is 0.427. The molecule has 0 aromatic heterocycles. The van der Waals surface area contributed by atoms with Crippen molar-refractivity contribution in [2.24, 2.45) is 0 Å². The molecule has 2 rings (SSSR count). The lowest BCUT2D eigenvalue weighted by Gasteiger charge is -2.29. The van der Waals surface area contributed by atoms with Crippen molar-refractivity contribution in [1.29, 1.82) is 0 Å². The number of benzene rings is 2. The molecule has 0 saturated heterocycles. The first kappa shape index (κ1) is 24.5. The molecule has 162 valence electrons. The number of nitrogens with zero attached hydrogens (tertiary/aromatic N) is 1. The van der Waals surface area contributed by atoms with E-state index in [1.165, 1.54) is 4.90 Å². The lowest BCUT2D eigenvalue weighted by atomic mass is 10.1. The molecule has 30 heavy (non-hydrogen) atoms. The number of carbonyl (C=O) groups excluding carboxylic acids is 2. The maximum absolute atomic E-state index is 13.0. The molecule has 5 nitrogen and oxygen atoms in total. The first-order valence-electron chi connectivity index (χ1n) is 9.71. The Morgan fingerprint density at radius 2 is 1.87 bits per heavy atom. The van der Waals surface area contributed by atoms with Crippen LogP contribution in [0.25, 0.3) is 0 Å². The molecular formula is C22H25BrCl2N2O3. The van der Waals surface area contributed by atoms with Crippen molar-refractivity contribution in [1.82, 2.24) is 10.2 Å².